The molecule has 0 saturated heterocycles. The zero-order valence-corrected chi connectivity index (χ0v) is 9.88. The Kier molecular flexibility index (Phi) is 3.76. The molecule has 92 valence electrons. The molecule has 1 aromatic heterocycles. The topological polar surface area (TPSA) is 67.0 Å². The highest BCUT2D eigenvalue weighted by Crippen LogP contribution is 2.13. The van der Waals surface area contributed by atoms with Gasteiger partial charge in [-0.1, -0.05) is 12.1 Å². The zero-order valence-electron chi connectivity index (χ0n) is 9.88. The van der Waals surface area contributed by atoms with Crippen LogP contribution >= 0.6 is 0 Å². The number of aromatic amines is 1. The lowest BCUT2D eigenvalue weighted by Gasteiger charge is -2.00. The predicted octanol–water partition coefficient (Wildman–Crippen LogP) is 2.07. The number of hydrogen-bond donors (Lipinski definition) is 2. The van der Waals surface area contributed by atoms with Crippen LogP contribution in [0.2, 0.25) is 0 Å². The summed E-state index contributed by atoms with van der Waals surface area (Å²) in [7, 11) is 1.60. The maximum Gasteiger partial charge on any atom is 0.250 e. The Labute approximate surface area is 105 Å². The third-order valence-electron chi connectivity index (χ3n) is 2.26. The van der Waals surface area contributed by atoms with E-state index in [0.717, 1.165) is 11.3 Å². The molecule has 18 heavy (non-hydrogen) atoms. The molecule has 2 rings (SSSR count). The van der Waals surface area contributed by atoms with Crippen LogP contribution in [-0.2, 0) is 4.79 Å². The van der Waals surface area contributed by atoms with Crippen LogP contribution in [0.3, 0.4) is 0 Å². The Hall–Kier alpha value is -2.56. The van der Waals surface area contributed by atoms with E-state index in [1.807, 2.05) is 24.3 Å². The van der Waals surface area contributed by atoms with Gasteiger partial charge < -0.3 is 9.72 Å². The highest BCUT2D eigenvalue weighted by molar-refractivity contribution is 6.00. The van der Waals surface area contributed by atoms with E-state index in [1.54, 1.807) is 25.6 Å². The van der Waals surface area contributed by atoms with E-state index in [1.165, 1.54) is 6.08 Å². The molecule has 0 aliphatic rings. The molecule has 0 saturated carbocycles. The highest BCUT2D eigenvalue weighted by atomic mass is 16.5. The first-order valence-corrected chi connectivity index (χ1v) is 5.40. The minimum absolute atomic E-state index is 0.243. The molecule has 2 aromatic rings. The standard InChI is InChI=1S/C13H13N3O2/c1-18-11-4-2-3-10(9-11)5-6-12(17)16-13-14-7-8-15-13/h2-9H,1H3,(H2,14,15,16,17). The molecule has 5 heteroatoms. The van der Waals surface area contributed by atoms with Crippen LogP contribution < -0.4 is 10.1 Å². The van der Waals surface area contributed by atoms with Crippen molar-refractivity contribution in [1.29, 1.82) is 0 Å². The molecule has 0 atom stereocenters. The van der Waals surface area contributed by atoms with Crippen molar-refractivity contribution < 1.29 is 9.53 Å². The maximum absolute atomic E-state index is 11.5. The first-order valence-electron chi connectivity index (χ1n) is 5.40. The van der Waals surface area contributed by atoms with Crippen molar-refractivity contribution in [3.05, 3.63) is 48.3 Å². The van der Waals surface area contributed by atoms with Crippen molar-refractivity contribution in [2.45, 2.75) is 0 Å². The van der Waals surface area contributed by atoms with E-state index in [4.69, 9.17) is 4.74 Å². The summed E-state index contributed by atoms with van der Waals surface area (Å²) in [5, 5.41) is 2.60. The largest absolute Gasteiger partial charge is 0.497 e. The number of rotatable bonds is 4. The lowest BCUT2D eigenvalue weighted by Crippen LogP contribution is -2.08. The summed E-state index contributed by atoms with van der Waals surface area (Å²) in [5.41, 5.74) is 0.893. The van der Waals surface area contributed by atoms with Gasteiger partial charge in [0.15, 0.2) is 0 Å². The van der Waals surface area contributed by atoms with Gasteiger partial charge in [0.05, 0.1) is 7.11 Å². The van der Waals surface area contributed by atoms with Gasteiger partial charge in [-0.15, -0.1) is 0 Å². The van der Waals surface area contributed by atoms with Crippen LogP contribution in [0.5, 0.6) is 5.75 Å². The maximum atomic E-state index is 11.5. The molecule has 1 aromatic carbocycles. The average molecular weight is 243 g/mol. The van der Waals surface area contributed by atoms with Gasteiger partial charge in [-0.3, -0.25) is 10.1 Å². The third-order valence-corrected chi connectivity index (χ3v) is 2.26. The second kappa shape index (κ2) is 5.67. The molecule has 0 aliphatic heterocycles. The Morgan fingerprint density at radius 2 is 2.39 bits per heavy atom. The SMILES string of the molecule is COc1cccc(C=CC(=O)Nc2ncc[nH]2)c1. The molecule has 1 heterocycles. The van der Waals surface area contributed by atoms with Crippen molar-refractivity contribution in [3.8, 4) is 5.75 Å². The molecule has 2 N–H and O–H groups in total. The van der Waals surface area contributed by atoms with Gasteiger partial charge >= 0.3 is 0 Å². The van der Waals surface area contributed by atoms with Crippen molar-refractivity contribution >= 4 is 17.9 Å². The molecule has 1 amide bonds. The van der Waals surface area contributed by atoms with Gasteiger partial charge in [-0.2, -0.15) is 0 Å². The lowest BCUT2D eigenvalue weighted by atomic mass is 10.2. The monoisotopic (exact) mass is 243 g/mol. The number of carbonyl (C=O) groups is 1. The van der Waals surface area contributed by atoms with Gasteiger partial charge in [-0.25, -0.2) is 4.98 Å². The number of aromatic nitrogens is 2. The minimum atomic E-state index is -0.243. The normalized spacial score (nSPS) is 10.5. The second-order valence-corrected chi connectivity index (χ2v) is 3.54. The van der Waals surface area contributed by atoms with Crippen LogP contribution in [0.4, 0.5) is 5.95 Å². The highest BCUT2D eigenvalue weighted by Gasteiger charge is 1.98. The minimum Gasteiger partial charge on any atom is -0.497 e. The van der Waals surface area contributed by atoms with Crippen LogP contribution in [0, 0.1) is 0 Å². The summed E-state index contributed by atoms with van der Waals surface area (Å²) >= 11 is 0. The number of nitrogens with one attached hydrogen (secondary N) is 2. The summed E-state index contributed by atoms with van der Waals surface area (Å²) in [6.07, 6.45) is 6.36. The van der Waals surface area contributed by atoms with Crippen molar-refractivity contribution in [2.75, 3.05) is 12.4 Å². The Morgan fingerprint density at radius 3 is 3.11 bits per heavy atom. The van der Waals surface area contributed by atoms with Crippen LogP contribution in [0.15, 0.2) is 42.7 Å². The van der Waals surface area contributed by atoms with E-state index in [2.05, 4.69) is 15.3 Å². The van der Waals surface area contributed by atoms with Gasteiger partial charge in [0, 0.05) is 18.5 Å². The summed E-state index contributed by atoms with van der Waals surface area (Å²) in [6.45, 7) is 0. The van der Waals surface area contributed by atoms with Gasteiger partial charge in [0.25, 0.3) is 5.91 Å². The Morgan fingerprint density at radius 1 is 1.50 bits per heavy atom. The fraction of sp³-hybridized carbons (Fsp3) is 0.0769. The predicted molar refractivity (Wildman–Crippen MR) is 69.2 cm³/mol. The lowest BCUT2D eigenvalue weighted by molar-refractivity contribution is -0.111. The number of anilines is 1. The fourth-order valence-corrected chi connectivity index (χ4v) is 1.41. The zero-order chi connectivity index (χ0) is 12.8. The number of methoxy groups -OCH3 is 1. The van der Waals surface area contributed by atoms with Crippen molar-refractivity contribution in [3.63, 3.8) is 0 Å². The van der Waals surface area contributed by atoms with Gasteiger partial charge in [0.2, 0.25) is 5.95 Å². The average Bonchev–Trinajstić information content (AvgIpc) is 2.89. The summed E-state index contributed by atoms with van der Waals surface area (Å²) < 4.78 is 5.10. The number of ether oxygens (including phenoxy) is 1. The van der Waals surface area contributed by atoms with Gasteiger partial charge in [-0.05, 0) is 23.8 Å². The molecule has 0 fully saturated rings. The Bertz CT molecular complexity index is 547. The van der Waals surface area contributed by atoms with Crippen molar-refractivity contribution in [1.82, 2.24) is 9.97 Å². The van der Waals surface area contributed by atoms with Gasteiger partial charge in [0.1, 0.15) is 5.75 Å². The molecule has 0 radical (unpaired) electrons. The molecule has 0 spiro atoms. The number of nitrogens with zero attached hydrogens (tertiary/aromatic N) is 1. The van der Waals surface area contributed by atoms with Crippen LogP contribution in [-0.4, -0.2) is 23.0 Å². The van der Waals surface area contributed by atoms with E-state index in [-0.39, 0.29) is 5.91 Å². The summed E-state index contributed by atoms with van der Waals surface area (Å²) in [4.78, 5) is 18.2. The molecule has 0 unspecified atom stereocenters. The number of H-pyrrole nitrogens is 1. The molecular formula is C13H13N3O2. The first-order chi connectivity index (χ1) is 8.78. The molecule has 0 aliphatic carbocycles. The smallest absolute Gasteiger partial charge is 0.250 e. The first kappa shape index (κ1) is 11.9. The van der Waals surface area contributed by atoms with Crippen LogP contribution in [0.25, 0.3) is 6.08 Å². The number of imidazole rings is 1. The van der Waals surface area contributed by atoms with E-state index >= 15 is 0 Å². The second-order valence-electron chi connectivity index (χ2n) is 3.54. The quantitative estimate of drug-likeness (QED) is 0.808. The van der Waals surface area contributed by atoms with E-state index < -0.39 is 0 Å². The van der Waals surface area contributed by atoms with Crippen molar-refractivity contribution in [2.24, 2.45) is 0 Å². The van der Waals surface area contributed by atoms with E-state index in [0.29, 0.717) is 5.95 Å². The van der Waals surface area contributed by atoms with Crippen LogP contribution in [0.1, 0.15) is 5.56 Å². The molecule has 0 bridgehead atoms. The number of benzene rings is 1. The fourth-order valence-electron chi connectivity index (χ4n) is 1.41. The third kappa shape index (κ3) is 3.21. The Balaban J connectivity index is 1.99. The summed E-state index contributed by atoms with van der Waals surface area (Å²) in [5.74, 6) is 0.937. The molecular weight excluding hydrogens is 230 g/mol. The number of hydrogen-bond acceptors (Lipinski definition) is 3. The van der Waals surface area contributed by atoms with E-state index in [9.17, 15) is 4.79 Å². The number of carbonyl (C=O) groups excluding carboxylic acids is 1. The molecule has 5 nitrogen and oxygen atoms in total. The number of amides is 1. The summed E-state index contributed by atoms with van der Waals surface area (Å²) in [6, 6.07) is 7.44.